The Morgan fingerprint density at radius 2 is 1.57 bits per heavy atom. The Kier molecular flexibility index (Phi) is 16.8. The number of benzene rings is 3. The number of hydrogen-bond acceptors (Lipinski definition) is 19. The summed E-state index contributed by atoms with van der Waals surface area (Å²) >= 11 is 0. The summed E-state index contributed by atoms with van der Waals surface area (Å²) in [6, 6.07) is 4.79. The van der Waals surface area contributed by atoms with E-state index in [0.717, 1.165) is 56.7 Å². The summed E-state index contributed by atoms with van der Waals surface area (Å²) in [5, 5.41) is 59.7. The molecule has 1 amide bonds. The second-order valence-electron chi connectivity index (χ2n) is 27.0. The highest BCUT2D eigenvalue weighted by Crippen LogP contribution is 2.53. The van der Waals surface area contributed by atoms with E-state index < -0.39 is 111 Å². The molecule has 2 saturated carbocycles. The van der Waals surface area contributed by atoms with Crippen LogP contribution in [0, 0.1) is 49.3 Å². The van der Waals surface area contributed by atoms with Crippen LogP contribution < -0.4 is 41.5 Å². The lowest BCUT2D eigenvalue weighted by molar-refractivity contribution is -0.160. The van der Waals surface area contributed by atoms with Crippen molar-refractivity contribution in [2.45, 2.75) is 155 Å². The number of anilines is 3. The van der Waals surface area contributed by atoms with E-state index in [1.54, 1.807) is 45.9 Å². The number of halogens is 1. The molecule has 494 valence electrons. The number of aromatic hydroxyl groups is 1. The van der Waals surface area contributed by atoms with Gasteiger partial charge in [0.15, 0.2) is 28.3 Å². The summed E-state index contributed by atoms with van der Waals surface area (Å²) in [7, 11) is 3.60. The molecule has 4 aliphatic heterocycles. The van der Waals surface area contributed by atoms with Crippen LogP contribution in [-0.2, 0) is 23.8 Å². The molecule has 3 aromatic carbocycles. The van der Waals surface area contributed by atoms with Crippen LogP contribution in [-0.4, -0.2) is 140 Å². The smallest absolute Gasteiger partial charge is 0.341 e. The van der Waals surface area contributed by atoms with E-state index in [1.807, 2.05) is 6.92 Å². The fourth-order valence-corrected chi connectivity index (χ4v) is 15.4. The number of ether oxygens (including phenoxy) is 4. The molecule has 0 radical (unpaired) electrons. The highest BCUT2D eigenvalue weighted by Gasteiger charge is 2.56. The van der Waals surface area contributed by atoms with Gasteiger partial charge in [-0.15, -0.1) is 0 Å². The predicted molar refractivity (Wildman–Crippen MR) is 348 cm³/mol. The number of carbonyl (C=O) groups is 3. The van der Waals surface area contributed by atoms with Crippen molar-refractivity contribution in [1.82, 2.24) is 14.3 Å². The largest absolute Gasteiger partial charge is 0.507 e. The fourth-order valence-electron chi connectivity index (χ4n) is 15.4. The van der Waals surface area contributed by atoms with Crippen molar-refractivity contribution < 1.29 is 67.7 Å². The third-order valence-corrected chi connectivity index (χ3v) is 21.2. The van der Waals surface area contributed by atoms with Gasteiger partial charge < -0.3 is 64.0 Å². The molecule has 7 heterocycles. The molecular weight excluding hydrogens is 1200 g/mol. The van der Waals surface area contributed by atoms with E-state index >= 15 is 9.18 Å². The van der Waals surface area contributed by atoms with Crippen LogP contribution in [0.3, 0.4) is 0 Å². The van der Waals surface area contributed by atoms with Gasteiger partial charge in [0.1, 0.15) is 34.4 Å². The molecule has 0 unspecified atom stereocenters. The number of fused-ring (bicyclic) bond motifs is 3. The number of nitrogens with one attached hydrogen (secondary N) is 1. The van der Waals surface area contributed by atoms with E-state index in [4.69, 9.17) is 28.3 Å². The average Bonchev–Trinajstić information content (AvgIpc) is 1.67. The lowest BCUT2D eigenvalue weighted by Gasteiger charge is -2.43. The van der Waals surface area contributed by atoms with Crippen molar-refractivity contribution in [3.8, 4) is 11.5 Å². The number of carboxylic acids is 1. The number of phenols is 1. The van der Waals surface area contributed by atoms with E-state index in [-0.39, 0.29) is 84.1 Å². The number of carbonyl (C=O) groups excluding carboxylic acids is 2. The number of pyridine rings is 2. The first kappa shape index (κ1) is 64.7. The molecule has 93 heavy (non-hydrogen) atoms. The van der Waals surface area contributed by atoms with Gasteiger partial charge in [0.25, 0.3) is 11.5 Å². The number of phenolic OH excluding ortho intramolecular Hbond substituents is 1. The zero-order valence-corrected chi connectivity index (χ0v) is 54.2. The number of carboxylic acid groups (broad SMARTS) is 1. The predicted octanol–water partition coefficient (Wildman–Crippen LogP) is 8.16. The second kappa shape index (κ2) is 24.2. The summed E-state index contributed by atoms with van der Waals surface area (Å²) in [5.41, 5.74) is -0.624. The zero-order chi connectivity index (χ0) is 66.8. The molecule has 4 bridgehead atoms. The molecule has 10 atom stereocenters. The van der Waals surface area contributed by atoms with Gasteiger partial charge in [-0.05, 0) is 108 Å². The Hall–Kier alpha value is -8.38. The maximum Gasteiger partial charge on any atom is 0.341 e. The van der Waals surface area contributed by atoms with Gasteiger partial charge in [0, 0.05) is 117 Å². The van der Waals surface area contributed by atoms with Gasteiger partial charge in [-0.1, -0.05) is 45.9 Å². The van der Waals surface area contributed by atoms with Gasteiger partial charge in [-0.3, -0.25) is 33.3 Å². The van der Waals surface area contributed by atoms with E-state index in [0.29, 0.717) is 48.6 Å². The number of amides is 1. The highest BCUT2D eigenvalue weighted by atomic mass is 19.1. The van der Waals surface area contributed by atoms with Crippen LogP contribution in [0.25, 0.3) is 44.2 Å². The number of aliphatic hydroxyl groups excluding tert-OH is 3. The number of aromatic carboxylic acids is 1. The molecule has 12 rings (SSSR count). The van der Waals surface area contributed by atoms with E-state index in [9.17, 15) is 49.5 Å². The lowest BCUT2D eigenvalue weighted by atomic mass is 9.78. The van der Waals surface area contributed by atoms with Crippen LogP contribution in [0.1, 0.15) is 126 Å². The quantitative estimate of drug-likeness (QED) is 0.0452. The summed E-state index contributed by atoms with van der Waals surface area (Å²) in [6.07, 6.45) is 10.5. The third-order valence-electron chi connectivity index (χ3n) is 21.2. The van der Waals surface area contributed by atoms with Crippen molar-refractivity contribution in [2.24, 2.45) is 29.6 Å². The molecule has 4 fully saturated rings. The molecule has 3 aromatic heterocycles. The molecule has 6 aliphatic rings. The highest BCUT2D eigenvalue weighted by molar-refractivity contribution is 6.17. The standard InChI is InChI=1S/C70H81FN6O16/c1-32-13-12-14-33(2)66(85)73-55-61(83)51-50(52-63(38(7)60(51)82)93-69(9,65(52)84)90-26-20-48(89-11)34(3)62(91-39(8)78)37(6)59(81)36(5)58(32)80)54-64(55)92-49-28-43(27-47(79)53(49)72-54)75-24-18-42(19-25-75)74(10)70(21-22-70)41-17-23-76(30-41)57-35(4)56-44(40-15-16-40)29-45(68(87)88)67(86)77(56)31-46(57)71/h12-14,20,26-29,31-32,34,36-37,40-42,48,58-59,62,80-82,84H,15-19,21-25,30H2,1-11H3,(H,73,85)(H,87,88)/b13-12+,26-20+,33-14-/t32-,34+,36+,37+,41+,48-,58-,59+,62+,69-/m0/s1. The van der Waals surface area contributed by atoms with Crippen LogP contribution >= 0.6 is 0 Å². The maximum atomic E-state index is 16.3. The number of methoxy groups -OCH3 is 1. The molecular formula is C70H81FN6O16. The SMILES string of the molecule is CO[C@H]1/C=C/O[C@@]2(C)Oc3c(C)c(O)c4c(=O)c(c5oc6cc(N7CCC(N(C)C8([C@@H]9CCN(c%10c(F)cn%11c(=O)c(C(=O)O)cc(C%12CC%12)c%11c%10C)C9)CC8)CC7)cc(=O)c6nc5c4c3=C2O)NC(=O)/C(C)=C\C=C\[C@H](C)[C@H](O)[C@@H](C)[C@@H](O)[C@@H](C)[C@H](OC(C)=O)[C@@H]1C. The molecule has 23 heteroatoms. The first-order valence-corrected chi connectivity index (χ1v) is 32.1. The Labute approximate surface area is 535 Å². The Morgan fingerprint density at radius 1 is 0.871 bits per heavy atom. The molecule has 22 nitrogen and oxygen atoms in total. The number of hydrogen-bond donors (Lipinski definition) is 6. The van der Waals surface area contributed by atoms with Crippen molar-refractivity contribution in [3.63, 3.8) is 0 Å². The molecule has 6 N–H and O–H groups in total. The number of rotatable bonds is 9. The van der Waals surface area contributed by atoms with Crippen LogP contribution in [0.5, 0.6) is 11.5 Å². The van der Waals surface area contributed by atoms with Crippen molar-refractivity contribution >= 4 is 79.2 Å². The van der Waals surface area contributed by atoms with Crippen LogP contribution in [0.4, 0.5) is 21.5 Å². The zero-order valence-electron chi connectivity index (χ0n) is 54.2. The lowest BCUT2D eigenvalue weighted by Crippen LogP contribution is -2.51. The Morgan fingerprint density at radius 3 is 2.23 bits per heavy atom. The minimum Gasteiger partial charge on any atom is -0.507 e. The molecule has 2 aliphatic carbocycles. The first-order chi connectivity index (χ1) is 44.1. The monoisotopic (exact) mass is 1280 g/mol. The van der Waals surface area contributed by atoms with Gasteiger partial charge in [-0.25, -0.2) is 14.2 Å². The van der Waals surface area contributed by atoms with Gasteiger partial charge in [0.05, 0.1) is 52.6 Å². The van der Waals surface area contributed by atoms with E-state index in [2.05, 4.69) is 27.1 Å². The van der Waals surface area contributed by atoms with Crippen LogP contribution in [0.2, 0.25) is 0 Å². The first-order valence-electron chi connectivity index (χ1n) is 32.1. The van der Waals surface area contributed by atoms with Crippen LogP contribution in [0.15, 0.2) is 79.3 Å². The molecule has 6 aromatic rings. The van der Waals surface area contributed by atoms with Gasteiger partial charge in [0.2, 0.25) is 10.9 Å². The van der Waals surface area contributed by atoms with Gasteiger partial charge in [-0.2, -0.15) is 0 Å². The topological polar surface area (TPSA) is 293 Å². The van der Waals surface area contributed by atoms with Crippen molar-refractivity contribution in [3.05, 3.63) is 125 Å². The molecule has 0 spiro atoms. The number of piperidine rings is 1. The summed E-state index contributed by atoms with van der Waals surface area (Å²) in [4.78, 5) is 93.7. The number of allylic oxidation sites excluding steroid dienone is 2. The summed E-state index contributed by atoms with van der Waals surface area (Å²) in [6.45, 7) is 16.7. The molecule has 2 saturated heterocycles. The number of aliphatic hydroxyl groups is 3. The fraction of sp³-hybridized carbons (Fsp3) is 0.500. The Balaban J connectivity index is 0.871. The van der Waals surface area contributed by atoms with Crippen molar-refractivity contribution in [1.29, 1.82) is 0 Å². The number of nitrogens with zero attached hydrogens (tertiary/aromatic N) is 5. The number of aromatic nitrogens is 2. The normalized spacial score (nSPS) is 28.4. The van der Waals surface area contributed by atoms with E-state index in [1.165, 1.54) is 69.8 Å². The number of aryl methyl sites for hydroxylation is 1. The number of esters is 1. The summed E-state index contributed by atoms with van der Waals surface area (Å²) < 4.78 is 48.4. The minimum absolute atomic E-state index is 0.0154. The second-order valence-corrected chi connectivity index (χ2v) is 27.0. The maximum absolute atomic E-state index is 16.3. The minimum atomic E-state index is -2.04. The van der Waals surface area contributed by atoms with Gasteiger partial charge >= 0.3 is 17.7 Å². The summed E-state index contributed by atoms with van der Waals surface area (Å²) in [5.74, 6) is -8.84. The van der Waals surface area contributed by atoms with Crippen molar-refractivity contribution in [2.75, 3.05) is 55.5 Å². The Bertz CT molecular complexity index is 4450. The average molecular weight is 1280 g/mol. The third kappa shape index (κ3) is 11.0.